The summed E-state index contributed by atoms with van der Waals surface area (Å²) < 4.78 is 39.7. The number of rotatable bonds is 4. The second kappa shape index (κ2) is 7.90. The molecule has 1 N–H and O–H groups in total. The molecule has 0 saturated heterocycles. The number of halogens is 4. The Hall–Kier alpha value is -3.06. The normalized spacial score (nSPS) is 11.3. The van der Waals surface area contributed by atoms with Crippen molar-refractivity contribution in [2.45, 2.75) is 12.7 Å². The molecule has 0 saturated carbocycles. The molecule has 3 aromatic rings. The van der Waals surface area contributed by atoms with Crippen molar-refractivity contribution in [3.05, 3.63) is 98.9 Å². The van der Waals surface area contributed by atoms with Crippen LogP contribution in [0.15, 0.2) is 71.7 Å². The maximum Gasteiger partial charge on any atom is 0.416 e. The largest absolute Gasteiger partial charge is 0.416 e. The van der Waals surface area contributed by atoms with E-state index < -0.39 is 23.2 Å². The fourth-order valence-corrected chi connectivity index (χ4v) is 2.85. The molecule has 0 aliphatic rings. The van der Waals surface area contributed by atoms with Crippen LogP contribution >= 0.6 is 11.6 Å². The van der Waals surface area contributed by atoms with Gasteiger partial charge in [-0.05, 0) is 48.0 Å². The maximum absolute atomic E-state index is 12.8. The SMILES string of the molecule is O=C(Nc1cccc(C(F)(F)F)c1)c1cccn(Cc2cccc(Cl)c2)c1=O. The Bertz CT molecular complexity index is 1080. The maximum atomic E-state index is 12.8. The van der Waals surface area contributed by atoms with E-state index in [1.54, 1.807) is 24.3 Å². The lowest BCUT2D eigenvalue weighted by Gasteiger charge is -2.11. The molecule has 0 aliphatic carbocycles. The molecule has 3 rings (SSSR count). The Balaban J connectivity index is 1.84. The highest BCUT2D eigenvalue weighted by Gasteiger charge is 2.30. The molecule has 28 heavy (non-hydrogen) atoms. The summed E-state index contributed by atoms with van der Waals surface area (Å²) in [7, 11) is 0. The van der Waals surface area contributed by atoms with Gasteiger partial charge >= 0.3 is 6.18 Å². The Morgan fingerprint density at radius 1 is 1.04 bits per heavy atom. The molecule has 0 spiro atoms. The summed E-state index contributed by atoms with van der Waals surface area (Å²) in [6.07, 6.45) is -3.01. The van der Waals surface area contributed by atoms with Crippen LogP contribution in [0.3, 0.4) is 0 Å². The minimum atomic E-state index is -4.53. The average Bonchev–Trinajstić information content (AvgIpc) is 2.63. The van der Waals surface area contributed by atoms with Gasteiger partial charge in [-0.1, -0.05) is 29.8 Å². The second-order valence-electron chi connectivity index (χ2n) is 6.02. The molecule has 0 atom stereocenters. The number of pyridine rings is 1. The third-order valence-electron chi connectivity index (χ3n) is 3.95. The van der Waals surface area contributed by atoms with E-state index >= 15 is 0 Å². The summed E-state index contributed by atoms with van der Waals surface area (Å²) >= 11 is 5.94. The highest BCUT2D eigenvalue weighted by atomic mass is 35.5. The third-order valence-corrected chi connectivity index (χ3v) is 4.19. The van der Waals surface area contributed by atoms with Gasteiger partial charge in [0.25, 0.3) is 11.5 Å². The Morgan fingerprint density at radius 3 is 2.50 bits per heavy atom. The van der Waals surface area contributed by atoms with Crippen molar-refractivity contribution >= 4 is 23.2 Å². The van der Waals surface area contributed by atoms with Crippen LogP contribution in [0.1, 0.15) is 21.5 Å². The number of anilines is 1. The summed E-state index contributed by atoms with van der Waals surface area (Å²) in [6.45, 7) is 0.198. The molecule has 0 radical (unpaired) electrons. The van der Waals surface area contributed by atoms with Gasteiger partial charge in [0.1, 0.15) is 5.56 Å². The van der Waals surface area contributed by atoms with Crippen molar-refractivity contribution in [3.8, 4) is 0 Å². The number of aromatic nitrogens is 1. The van der Waals surface area contributed by atoms with Crippen molar-refractivity contribution in [1.82, 2.24) is 4.57 Å². The Kier molecular flexibility index (Phi) is 5.56. The summed E-state index contributed by atoms with van der Waals surface area (Å²) in [4.78, 5) is 25.0. The predicted octanol–water partition coefficient (Wildman–Crippen LogP) is 4.82. The lowest BCUT2D eigenvalue weighted by molar-refractivity contribution is -0.137. The lowest BCUT2D eigenvalue weighted by atomic mass is 10.1. The first-order valence-corrected chi connectivity index (χ1v) is 8.54. The van der Waals surface area contributed by atoms with Crippen molar-refractivity contribution in [1.29, 1.82) is 0 Å². The number of hydrogen-bond donors (Lipinski definition) is 1. The smallest absolute Gasteiger partial charge is 0.322 e. The number of nitrogens with zero attached hydrogens (tertiary/aromatic N) is 1. The second-order valence-corrected chi connectivity index (χ2v) is 6.45. The summed E-state index contributed by atoms with van der Waals surface area (Å²) in [5.74, 6) is -0.787. The van der Waals surface area contributed by atoms with Crippen LogP contribution in [0.2, 0.25) is 5.02 Å². The molecule has 1 amide bonds. The molecule has 1 heterocycles. The summed E-state index contributed by atoms with van der Waals surface area (Å²) in [6, 6.07) is 14.0. The van der Waals surface area contributed by atoms with Gasteiger partial charge in [-0.2, -0.15) is 13.2 Å². The van der Waals surface area contributed by atoms with Gasteiger partial charge in [0.05, 0.1) is 12.1 Å². The van der Waals surface area contributed by atoms with Gasteiger partial charge in [0.2, 0.25) is 0 Å². The van der Waals surface area contributed by atoms with E-state index in [0.29, 0.717) is 5.02 Å². The Morgan fingerprint density at radius 2 is 1.79 bits per heavy atom. The molecular formula is C20H14ClF3N2O2. The molecular weight excluding hydrogens is 393 g/mol. The van der Waals surface area contributed by atoms with Crippen LogP contribution in [0.25, 0.3) is 0 Å². The van der Waals surface area contributed by atoms with Crippen molar-refractivity contribution in [3.63, 3.8) is 0 Å². The van der Waals surface area contributed by atoms with Gasteiger partial charge in [0, 0.05) is 16.9 Å². The van der Waals surface area contributed by atoms with Gasteiger partial charge in [-0.15, -0.1) is 0 Å². The van der Waals surface area contributed by atoms with Crippen LogP contribution in [-0.2, 0) is 12.7 Å². The van der Waals surface area contributed by atoms with Gasteiger partial charge < -0.3 is 9.88 Å². The van der Waals surface area contributed by atoms with Crippen LogP contribution < -0.4 is 10.9 Å². The molecule has 4 nitrogen and oxygen atoms in total. The standard InChI is InChI=1S/C20H14ClF3N2O2/c21-15-6-1-4-13(10-15)12-26-9-3-8-17(19(26)28)18(27)25-16-7-2-5-14(11-16)20(22,23)24/h1-11H,12H2,(H,25,27). The average molecular weight is 407 g/mol. The molecule has 8 heteroatoms. The van der Waals surface area contributed by atoms with E-state index in [1.807, 2.05) is 0 Å². The zero-order valence-corrected chi connectivity index (χ0v) is 15.1. The zero-order chi connectivity index (χ0) is 20.3. The van der Waals surface area contributed by atoms with Crippen LogP contribution in [0, 0.1) is 0 Å². The van der Waals surface area contributed by atoms with Gasteiger partial charge in [-0.25, -0.2) is 0 Å². The number of carbonyl (C=O) groups is 1. The lowest BCUT2D eigenvalue weighted by Crippen LogP contribution is -2.29. The van der Waals surface area contributed by atoms with E-state index in [-0.39, 0.29) is 17.8 Å². The highest BCUT2D eigenvalue weighted by molar-refractivity contribution is 6.30. The molecule has 2 aromatic carbocycles. The Labute approximate surface area is 163 Å². The van der Waals surface area contributed by atoms with E-state index in [4.69, 9.17) is 11.6 Å². The summed E-state index contributed by atoms with van der Waals surface area (Å²) in [5, 5.41) is 2.86. The van der Waals surface area contributed by atoms with Crippen molar-refractivity contribution in [2.24, 2.45) is 0 Å². The number of amides is 1. The van der Waals surface area contributed by atoms with E-state index in [1.165, 1.54) is 35.0 Å². The van der Waals surface area contributed by atoms with Gasteiger partial charge in [-0.3, -0.25) is 9.59 Å². The van der Waals surface area contributed by atoms with Crippen LogP contribution in [0.4, 0.5) is 18.9 Å². The molecule has 0 aliphatic heterocycles. The number of benzene rings is 2. The molecule has 0 fully saturated rings. The van der Waals surface area contributed by atoms with Crippen molar-refractivity contribution < 1.29 is 18.0 Å². The third kappa shape index (κ3) is 4.61. The summed E-state index contributed by atoms with van der Waals surface area (Å²) in [5.41, 5.74) is -0.917. The topological polar surface area (TPSA) is 51.1 Å². The van der Waals surface area contributed by atoms with Gasteiger partial charge in [0.15, 0.2) is 0 Å². The highest BCUT2D eigenvalue weighted by Crippen LogP contribution is 2.30. The van der Waals surface area contributed by atoms with Crippen molar-refractivity contribution in [2.75, 3.05) is 5.32 Å². The minimum absolute atomic E-state index is 0.0514. The fraction of sp³-hybridized carbons (Fsp3) is 0.100. The van der Waals surface area contributed by atoms with E-state index in [2.05, 4.69) is 5.32 Å². The molecule has 1 aromatic heterocycles. The number of alkyl halides is 3. The van der Waals surface area contributed by atoms with Crippen LogP contribution in [0.5, 0.6) is 0 Å². The zero-order valence-electron chi connectivity index (χ0n) is 14.3. The molecule has 144 valence electrons. The first-order valence-electron chi connectivity index (χ1n) is 8.16. The van der Waals surface area contributed by atoms with E-state index in [9.17, 15) is 22.8 Å². The number of nitrogens with one attached hydrogen (secondary N) is 1. The first-order chi connectivity index (χ1) is 13.2. The monoisotopic (exact) mass is 406 g/mol. The number of hydrogen-bond acceptors (Lipinski definition) is 2. The quantitative estimate of drug-likeness (QED) is 0.675. The fourth-order valence-electron chi connectivity index (χ4n) is 2.64. The predicted molar refractivity (Wildman–Crippen MR) is 101 cm³/mol. The minimum Gasteiger partial charge on any atom is -0.322 e. The molecule has 0 bridgehead atoms. The molecule has 0 unspecified atom stereocenters. The number of carbonyl (C=O) groups excluding carboxylic acids is 1. The first kappa shape index (κ1) is 19.7. The van der Waals surface area contributed by atoms with E-state index in [0.717, 1.165) is 17.7 Å². The van der Waals surface area contributed by atoms with Crippen LogP contribution in [-0.4, -0.2) is 10.5 Å².